The normalized spacial score (nSPS) is 14.0. The molecule has 0 saturated carbocycles. The van der Waals surface area contributed by atoms with E-state index >= 15 is 0 Å². The third-order valence-corrected chi connectivity index (χ3v) is 4.51. The van der Waals surface area contributed by atoms with Crippen LogP contribution in [-0.2, 0) is 9.16 Å². The first-order chi connectivity index (χ1) is 10.4. The Labute approximate surface area is 144 Å². The van der Waals surface area contributed by atoms with Crippen LogP contribution in [0.15, 0.2) is 0 Å². The summed E-state index contributed by atoms with van der Waals surface area (Å²) in [6.07, 6.45) is 0.610. The van der Waals surface area contributed by atoms with E-state index in [9.17, 15) is 4.79 Å². The minimum Gasteiger partial charge on any atom is -0.444 e. The van der Waals surface area contributed by atoms with Crippen LogP contribution in [0.3, 0.4) is 0 Å². The number of hydrogen-bond acceptors (Lipinski definition) is 4. The van der Waals surface area contributed by atoms with E-state index in [1.807, 2.05) is 20.8 Å². The molecular formula is C17H38N2O3Si. The SMILES string of the molecule is C[SiH](C)OC[C@H](CCN(CCN)C(=O)OC(C)(C)C)C(C)(C)C. The Bertz CT molecular complexity index is 349. The van der Waals surface area contributed by atoms with Gasteiger partial charge in [0.15, 0.2) is 9.04 Å². The number of nitrogens with zero attached hydrogens (tertiary/aromatic N) is 1. The maximum Gasteiger partial charge on any atom is 0.410 e. The molecule has 0 saturated heterocycles. The monoisotopic (exact) mass is 346 g/mol. The fourth-order valence-electron chi connectivity index (χ4n) is 2.16. The van der Waals surface area contributed by atoms with Crippen LogP contribution in [-0.4, -0.2) is 51.9 Å². The molecule has 0 radical (unpaired) electrons. The van der Waals surface area contributed by atoms with Crippen LogP contribution in [0.2, 0.25) is 13.1 Å². The van der Waals surface area contributed by atoms with Gasteiger partial charge in [-0.2, -0.15) is 0 Å². The lowest BCUT2D eigenvalue weighted by molar-refractivity contribution is 0.0220. The lowest BCUT2D eigenvalue weighted by atomic mass is 9.79. The third kappa shape index (κ3) is 10.7. The van der Waals surface area contributed by atoms with Crippen LogP contribution in [0.1, 0.15) is 48.0 Å². The van der Waals surface area contributed by atoms with Crippen molar-refractivity contribution in [2.24, 2.45) is 17.1 Å². The predicted octanol–water partition coefficient (Wildman–Crippen LogP) is 3.23. The van der Waals surface area contributed by atoms with Gasteiger partial charge in [0.05, 0.1) is 0 Å². The molecule has 0 aliphatic carbocycles. The summed E-state index contributed by atoms with van der Waals surface area (Å²) >= 11 is 0. The Morgan fingerprint density at radius 2 is 1.70 bits per heavy atom. The molecule has 1 atom stereocenters. The Kier molecular flexibility index (Phi) is 9.39. The van der Waals surface area contributed by atoms with Crippen molar-refractivity contribution in [1.82, 2.24) is 4.90 Å². The third-order valence-electron chi connectivity index (χ3n) is 3.65. The first-order valence-corrected chi connectivity index (χ1v) is 11.4. The summed E-state index contributed by atoms with van der Waals surface area (Å²) < 4.78 is 11.4. The van der Waals surface area contributed by atoms with Crippen molar-refractivity contribution in [2.75, 3.05) is 26.2 Å². The van der Waals surface area contributed by atoms with Crippen molar-refractivity contribution < 1.29 is 14.0 Å². The van der Waals surface area contributed by atoms with Crippen LogP contribution < -0.4 is 5.73 Å². The summed E-state index contributed by atoms with van der Waals surface area (Å²) in [4.78, 5) is 14.0. The van der Waals surface area contributed by atoms with E-state index in [0.29, 0.717) is 25.6 Å². The van der Waals surface area contributed by atoms with Gasteiger partial charge in [0, 0.05) is 26.2 Å². The molecule has 0 unspecified atom stereocenters. The molecule has 1 amide bonds. The van der Waals surface area contributed by atoms with E-state index in [2.05, 4.69) is 33.9 Å². The summed E-state index contributed by atoms with van der Waals surface area (Å²) in [5, 5.41) is 0. The largest absolute Gasteiger partial charge is 0.444 e. The first kappa shape index (κ1) is 22.4. The molecule has 0 aliphatic rings. The molecular weight excluding hydrogens is 308 g/mol. The molecule has 138 valence electrons. The zero-order chi connectivity index (χ0) is 18.3. The lowest BCUT2D eigenvalue weighted by Crippen LogP contribution is -2.41. The number of rotatable bonds is 8. The molecule has 0 heterocycles. The summed E-state index contributed by atoms with van der Waals surface area (Å²) in [5.41, 5.74) is 5.31. The van der Waals surface area contributed by atoms with E-state index in [1.54, 1.807) is 4.90 Å². The van der Waals surface area contributed by atoms with Gasteiger partial charge in [-0.1, -0.05) is 20.8 Å². The van der Waals surface area contributed by atoms with Gasteiger partial charge in [-0.05, 0) is 51.6 Å². The summed E-state index contributed by atoms with van der Waals surface area (Å²) in [6.45, 7) is 19.1. The van der Waals surface area contributed by atoms with Crippen LogP contribution in [0.4, 0.5) is 4.79 Å². The van der Waals surface area contributed by atoms with Crippen LogP contribution >= 0.6 is 0 Å². The molecule has 0 aromatic carbocycles. The second-order valence-electron chi connectivity index (χ2n) is 8.49. The molecule has 0 aliphatic heterocycles. The highest BCUT2D eigenvalue weighted by Gasteiger charge is 2.28. The highest BCUT2D eigenvalue weighted by atomic mass is 28.3. The summed E-state index contributed by atoms with van der Waals surface area (Å²) in [7, 11) is -1.04. The minimum absolute atomic E-state index is 0.144. The standard InChI is InChI=1S/C17H38N2O3Si/c1-16(2,3)14(13-21-23(7)8)9-11-19(12-10-18)15(20)22-17(4,5)6/h14,23H,9-13,18H2,1-8H3/t14-/m0/s1. The second-order valence-corrected chi connectivity index (χ2v) is 10.9. The molecule has 2 N–H and O–H groups in total. The fourth-order valence-corrected chi connectivity index (χ4v) is 2.78. The quantitative estimate of drug-likeness (QED) is 0.685. The van der Waals surface area contributed by atoms with Crippen molar-refractivity contribution >= 4 is 15.1 Å². The summed E-state index contributed by atoms with van der Waals surface area (Å²) in [5.74, 6) is 0.403. The Hall–Kier alpha value is -0.593. The maximum absolute atomic E-state index is 12.3. The zero-order valence-electron chi connectivity index (χ0n) is 16.4. The molecule has 0 aromatic heterocycles. The van der Waals surface area contributed by atoms with Gasteiger partial charge < -0.3 is 19.8 Å². The second kappa shape index (κ2) is 9.64. The predicted molar refractivity (Wildman–Crippen MR) is 99.3 cm³/mol. The van der Waals surface area contributed by atoms with Gasteiger partial charge in [-0.25, -0.2) is 4.79 Å². The molecule has 23 heavy (non-hydrogen) atoms. The summed E-state index contributed by atoms with van der Waals surface area (Å²) in [6, 6.07) is 0. The number of carbonyl (C=O) groups excluding carboxylic acids is 1. The molecule has 5 nitrogen and oxygen atoms in total. The van der Waals surface area contributed by atoms with Gasteiger partial charge in [0.2, 0.25) is 0 Å². The average molecular weight is 347 g/mol. The van der Waals surface area contributed by atoms with E-state index in [4.69, 9.17) is 14.9 Å². The molecule has 0 fully saturated rings. The number of carbonyl (C=O) groups is 1. The van der Waals surface area contributed by atoms with Gasteiger partial charge >= 0.3 is 6.09 Å². The fraction of sp³-hybridized carbons (Fsp3) is 0.941. The molecule has 0 rings (SSSR count). The zero-order valence-corrected chi connectivity index (χ0v) is 17.6. The minimum atomic E-state index is -1.04. The van der Waals surface area contributed by atoms with Crippen molar-refractivity contribution in [1.29, 1.82) is 0 Å². The van der Waals surface area contributed by atoms with E-state index in [1.165, 1.54) is 0 Å². The van der Waals surface area contributed by atoms with Crippen LogP contribution in [0.25, 0.3) is 0 Å². The van der Waals surface area contributed by atoms with Crippen LogP contribution in [0.5, 0.6) is 0 Å². The van der Waals surface area contributed by atoms with E-state index in [-0.39, 0.29) is 11.5 Å². The topological polar surface area (TPSA) is 64.8 Å². The van der Waals surface area contributed by atoms with Gasteiger partial charge in [0.1, 0.15) is 5.60 Å². The Balaban J connectivity index is 4.74. The van der Waals surface area contributed by atoms with Crippen molar-refractivity contribution in [3.63, 3.8) is 0 Å². The molecule has 6 heteroatoms. The smallest absolute Gasteiger partial charge is 0.410 e. The van der Waals surface area contributed by atoms with Crippen molar-refractivity contribution in [3.05, 3.63) is 0 Å². The van der Waals surface area contributed by atoms with Crippen molar-refractivity contribution in [2.45, 2.75) is 66.7 Å². The first-order valence-electron chi connectivity index (χ1n) is 8.66. The van der Waals surface area contributed by atoms with Crippen LogP contribution in [0, 0.1) is 11.3 Å². The molecule has 0 aromatic rings. The highest BCUT2D eigenvalue weighted by molar-refractivity contribution is 6.48. The number of nitrogens with two attached hydrogens (primary N) is 1. The van der Waals surface area contributed by atoms with E-state index in [0.717, 1.165) is 13.0 Å². The number of ether oxygens (including phenoxy) is 1. The number of hydrogen-bond donors (Lipinski definition) is 1. The van der Waals surface area contributed by atoms with Gasteiger partial charge in [-0.15, -0.1) is 0 Å². The maximum atomic E-state index is 12.3. The van der Waals surface area contributed by atoms with Gasteiger partial charge in [0.25, 0.3) is 0 Å². The molecule has 0 bridgehead atoms. The van der Waals surface area contributed by atoms with E-state index < -0.39 is 14.6 Å². The Morgan fingerprint density at radius 3 is 2.09 bits per heavy atom. The average Bonchev–Trinajstić information content (AvgIpc) is 2.33. The lowest BCUT2D eigenvalue weighted by Gasteiger charge is -2.34. The highest BCUT2D eigenvalue weighted by Crippen LogP contribution is 2.29. The van der Waals surface area contributed by atoms with Gasteiger partial charge in [-0.3, -0.25) is 0 Å². The molecule has 0 spiro atoms. The number of amides is 1. The van der Waals surface area contributed by atoms with Crippen molar-refractivity contribution in [3.8, 4) is 0 Å². The Morgan fingerprint density at radius 1 is 1.13 bits per heavy atom.